The summed E-state index contributed by atoms with van der Waals surface area (Å²) >= 11 is 1.59. The summed E-state index contributed by atoms with van der Waals surface area (Å²) in [5, 5.41) is 2.99. The van der Waals surface area contributed by atoms with Gasteiger partial charge in [-0.1, -0.05) is 12.1 Å². The summed E-state index contributed by atoms with van der Waals surface area (Å²) in [6, 6.07) is 6.79. The van der Waals surface area contributed by atoms with E-state index in [0.29, 0.717) is 38.3 Å². The zero-order chi connectivity index (χ0) is 17.8. The summed E-state index contributed by atoms with van der Waals surface area (Å²) in [6.45, 7) is 3.31. The zero-order valence-electron chi connectivity index (χ0n) is 14.6. The van der Waals surface area contributed by atoms with E-state index in [1.54, 1.807) is 23.5 Å². The molecule has 1 aromatic carbocycles. The zero-order valence-corrected chi connectivity index (χ0v) is 15.4. The summed E-state index contributed by atoms with van der Waals surface area (Å²) in [4.78, 5) is 22.9. The largest absolute Gasteiger partial charge is 0.366 e. The van der Waals surface area contributed by atoms with Crippen molar-refractivity contribution in [3.63, 3.8) is 0 Å². The topological polar surface area (TPSA) is 39.7 Å². The van der Waals surface area contributed by atoms with Crippen LogP contribution < -0.4 is 4.90 Å². The minimum atomic E-state index is -0.210. The fourth-order valence-corrected chi connectivity index (χ4v) is 3.86. The van der Waals surface area contributed by atoms with Gasteiger partial charge in [-0.3, -0.25) is 4.79 Å². The number of carbonyl (C=O) groups is 1. The first-order chi connectivity index (χ1) is 12.0. The highest BCUT2D eigenvalue weighted by Crippen LogP contribution is 2.20. The number of nitrogens with zero attached hydrogens (tertiary/aromatic N) is 4. The minimum absolute atomic E-state index is 0.0925. The Labute approximate surface area is 151 Å². The fourth-order valence-electron chi connectivity index (χ4n) is 2.94. The molecule has 1 saturated heterocycles. The number of anilines is 1. The maximum absolute atomic E-state index is 13.9. The minimum Gasteiger partial charge on any atom is -0.366 e. The molecule has 2 heterocycles. The summed E-state index contributed by atoms with van der Waals surface area (Å²) < 4.78 is 13.9. The molecule has 1 aliphatic heterocycles. The number of benzene rings is 1. The number of halogens is 1. The SMILES string of the molecule is CN(C)Cc1nc(CC(=O)N2CCN(c3ccccc3F)CC2)cs1. The molecule has 25 heavy (non-hydrogen) atoms. The summed E-state index contributed by atoms with van der Waals surface area (Å²) in [5.41, 5.74) is 1.45. The molecule has 134 valence electrons. The number of rotatable bonds is 5. The van der Waals surface area contributed by atoms with Crippen LogP contribution in [0.5, 0.6) is 0 Å². The smallest absolute Gasteiger partial charge is 0.228 e. The van der Waals surface area contributed by atoms with Gasteiger partial charge in [0.15, 0.2) is 0 Å². The molecule has 1 aromatic heterocycles. The molecule has 0 radical (unpaired) electrons. The molecule has 1 fully saturated rings. The van der Waals surface area contributed by atoms with Crippen molar-refractivity contribution in [1.29, 1.82) is 0 Å². The second-order valence-corrected chi connectivity index (χ2v) is 7.41. The second kappa shape index (κ2) is 7.93. The molecule has 0 bridgehead atoms. The Morgan fingerprint density at radius 2 is 1.96 bits per heavy atom. The molecule has 1 aliphatic rings. The summed E-state index contributed by atoms with van der Waals surface area (Å²) in [7, 11) is 4.00. The van der Waals surface area contributed by atoms with E-state index in [1.165, 1.54) is 6.07 Å². The first-order valence-corrected chi connectivity index (χ1v) is 9.26. The molecule has 0 spiro atoms. The molecule has 7 heteroatoms. The molecule has 2 aromatic rings. The Morgan fingerprint density at radius 1 is 1.24 bits per heavy atom. The van der Waals surface area contributed by atoms with E-state index in [2.05, 4.69) is 9.88 Å². The third-order valence-corrected chi connectivity index (χ3v) is 5.09. The third kappa shape index (κ3) is 4.55. The van der Waals surface area contributed by atoms with Gasteiger partial charge >= 0.3 is 0 Å². The lowest BCUT2D eigenvalue weighted by molar-refractivity contribution is -0.130. The highest BCUT2D eigenvalue weighted by molar-refractivity contribution is 7.09. The van der Waals surface area contributed by atoms with Crippen molar-refractivity contribution in [2.75, 3.05) is 45.2 Å². The number of amides is 1. The van der Waals surface area contributed by atoms with E-state index in [9.17, 15) is 9.18 Å². The normalized spacial score (nSPS) is 15.0. The van der Waals surface area contributed by atoms with Gasteiger partial charge in [-0.15, -0.1) is 11.3 Å². The van der Waals surface area contributed by atoms with E-state index < -0.39 is 0 Å². The van der Waals surface area contributed by atoms with Crippen molar-refractivity contribution in [2.45, 2.75) is 13.0 Å². The van der Waals surface area contributed by atoms with Crippen molar-refractivity contribution in [3.05, 3.63) is 46.2 Å². The van der Waals surface area contributed by atoms with Crippen molar-refractivity contribution < 1.29 is 9.18 Å². The summed E-state index contributed by atoms with van der Waals surface area (Å²) in [5.74, 6) is -0.118. The molecule has 0 aliphatic carbocycles. The van der Waals surface area contributed by atoms with Gasteiger partial charge in [-0.2, -0.15) is 0 Å². The van der Waals surface area contributed by atoms with Crippen LogP contribution in [-0.4, -0.2) is 61.0 Å². The van der Waals surface area contributed by atoms with E-state index in [0.717, 1.165) is 17.2 Å². The predicted molar refractivity (Wildman–Crippen MR) is 98.4 cm³/mol. The quantitative estimate of drug-likeness (QED) is 0.818. The number of piperazine rings is 1. The molecular formula is C18H23FN4OS. The van der Waals surface area contributed by atoms with Crippen LogP contribution in [0.25, 0.3) is 0 Å². The van der Waals surface area contributed by atoms with E-state index in [-0.39, 0.29) is 11.7 Å². The third-order valence-electron chi connectivity index (χ3n) is 4.21. The van der Waals surface area contributed by atoms with Gasteiger partial charge in [-0.05, 0) is 26.2 Å². The van der Waals surface area contributed by atoms with Gasteiger partial charge < -0.3 is 14.7 Å². The lowest BCUT2D eigenvalue weighted by Crippen LogP contribution is -2.49. The van der Waals surface area contributed by atoms with Crippen LogP contribution in [-0.2, 0) is 17.8 Å². The Balaban J connectivity index is 1.53. The molecule has 0 unspecified atom stereocenters. The molecule has 0 N–H and O–H groups in total. The van der Waals surface area contributed by atoms with Gasteiger partial charge in [0.05, 0.1) is 17.8 Å². The monoisotopic (exact) mass is 362 g/mol. The van der Waals surface area contributed by atoms with Gasteiger partial charge in [-0.25, -0.2) is 9.37 Å². The van der Waals surface area contributed by atoms with Crippen molar-refractivity contribution in [1.82, 2.24) is 14.8 Å². The summed E-state index contributed by atoms with van der Waals surface area (Å²) in [6.07, 6.45) is 0.337. The number of hydrogen-bond donors (Lipinski definition) is 0. The van der Waals surface area contributed by atoms with Crippen molar-refractivity contribution in [2.24, 2.45) is 0 Å². The number of hydrogen-bond acceptors (Lipinski definition) is 5. The van der Waals surface area contributed by atoms with Crippen LogP contribution in [0.15, 0.2) is 29.6 Å². The number of aromatic nitrogens is 1. The number of thiazole rings is 1. The molecule has 0 saturated carbocycles. The van der Waals surface area contributed by atoms with E-state index >= 15 is 0 Å². The Kier molecular flexibility index (Phi) is 5.65. The maximum atomic E-state index is 13.9. The molecule has 3 rings (SSSR count). The molecule has 0 atom stereocenters. The van der Waals surface area contributed by atoms with Crippen LogP contribution in [0.4, 0.5) is 10.1 Å². The van der Waals surface area contributed by atoms with Crippen LogP contribution in [0.3, 0.4) is 0 Å². The van der Waals surface area contributed by atoms with E-state index in [1.807, 2.05) is 35.3 Å². The van der Waals surface area contributed by atoms with Crippen molar-refractivity contribution in [3.8, 4) is 0 Å². The molecule has 1 amide bonds. The average molecular weight is 362 g/mol. The van der Waals surface area contributed by atoms with Gasteiger partial charge in [0, 0.05) is 38.1 Å². The van der Waals surface area contributed by atoms with Crippen LogP contribution >= 0.6 is 11.3 Å². The van der Waals surface area contributed by atoms with E-state index in [4.69, 9.17) is 0 Å². The molecule has 5 nitrogen and oxygen atoms in total. The Bertz CT molecular complexity index is 725. The second-order valence-electron chi connectivity index (χ2n) is 6.47. The first kappa shape index (κ1) is 17.8. The molecular weight excluding hydrogens is 339 g/mol. The van der Waals surface area contributed by atoms with Crippen LogP contribution in [0, 0.1) is 5.82 Å². The van der Waals surface area contributed by atoms with Gasteiger partial charge in [0.2, 0.25) is 5.91 Å². The Morgan fingerprint density at radius 3 is 2.64 bits per heavy atom. The maximum Gasteiger partial charge on any atom is 0.228 e. The first-order valence-electron chi connectivity index (χ1n) is 8.38. The van der Waals surface area contributed by atoms with Crippen LogP contribution in [0.1, 0.15) is 10.7 Å². The van der Waals surface area contributed by atoms with Crippen LogP contribution in [0.2, 0.25) is 0 Å². The Hall–Kier alpha value is -1.99. The lowest BCUT2D eigenvalue weighted by Gasteiger charge is -2.36. The number of carbonyl (C=O) groups excluding carboxylic acids is 1. The predicted octanol–water partition coefficient (Wildman–Crippen LogP) is 2.24. The van der Waals surface area contributed by atoms with Crippen molar-refractivity contribution >= 4 is 22.9 Å². The number of para-hydroxylation sites is 1. The fraction of sp³-hybridized carbons (Fsp3) is 0.444. The lowest BCUT2D eigenvalue weighted by atomic mass is 10.2. The van der Waals surface area contributed by atoms with Gasteiger partial charge in [0.25, 0.3) is 0 Å². The van der Waals surface area contributed by atoms with Gasteiger partial charge in [0.1, 0.15) is 10.8 Å². The standard InChI is InChI=1S/C18H23FN4OS/c1-21(2)12-17-20-14(13-25-17)11-18(24)23-9-7-22(8-10-23)16-6-4-3-5-15(16)19/h3-6,13H,7-12H2,1-2H3. The highest BCUT2D eigenvalue weighted by Gasteiger charge is 2.23. The average Bonchev–Trinajstić information content (AvgIpc) is 3.01. The highest BCUT2D eigenvalue weighted by atomic mass is 32.1.